The highest BCUT2D eigenvalue weighted by molar-refractivity contribution is 9.10. The Balaban J connectivity index is 3.19. The van der Waals surface area contributed by atoms with E-state index in [-0.39, 0.29) is 6.61 Å². The fourth-order valence-corrected chi connectivity index (χ4v) is 1.75. The van der Waals surface area contributed by atoms with Crippen LogP contribution in [0.3, 0.4) is 0 Å². The van der Waals surface area contributed by atoms with Crippen LogP contribution in [0.15, 0.2) is 21.6 Å². The molecule has 0 aliphatic rings. The predicted octanol–water partition coefficient (Wildman–Crippen LogP) is 2.61. The van der Waals surface area contributed by atoms with Crippen molar-refractivity contribution in [1.82, 2.24) is 0 Å². The zero-order valence-corrected chi connectivity index (χ0v) is 9.34. The highest BCUT2D eigenvalue weighted by atomic mass is 79.9. The second-order valence-corrected chi connectivity index (χ2v) is 3.68. The zero-order chi connectivity index (χ0) is 10.6. The quantitative estimate of drug-likeness (QED) is 0.681. The van der Waals surface area contributed by atoms with E-state index in [1.54, 1.807) is 12.1 Å². The van der Waals surface area contributed by atoms with Crippen molar-refractivity contribution >= 4 is 39.3 Å². The number of aliphatic hydroxyl groups excluding tert-OH is 1. The summed E-state index contributed by atoms with van der Waals surface area (Å²) in [4.78, 5) is 13.6. The average molecular weight is 276 g/mol. The SMILES string of the molecule is O=C=Nc1cc([CH]CO)c(Cl)cc1Br. The van der Waals surface area contributed by atoms with Crippen molar-refractivity contribution in [2.24, 2.45) is 4.99 Å². The second kappa shape index (κ2) is 5.27. The van der Waals surface area contributed by atoms with Crippen LogP contribution in [0.25, 0.3) is 0 Å². The highest BCUT2D eigenvalue weighted by Gasteiger charge is 2.06. The van der Waals surface area contributed by atoms with Gasteiger partial charge < -0.3 is 5.11 Å². The monoisotopic (exact) mass is 274 g/mol. The molecule has 0 spiro atoms. The molecule has 1 aromatic rings. The molecule has 0 heterocycles. The van der Waals surface area contributed by atoms with Crippen LogP contribution in [0.4, 0.5) is 5.69 Å². The molecule has 0 aliphatic carbocycles. The molecule has 0 saturated heterocycles. The first-order valence-electron chi connectivity index (χ1n) is 3.70. The summed E-state index contributed by atoms with van der Waals surface area (Å²) in [6.45, 7) is -0.119. The van der Waals surface area contributed by atoms with Crippen molar-refractivity contribution in [2.75, 3.05) is 6.61 Å². The third kappa shape index (κ3) is 2.66. The lowest BCUT2D eigenvalue weighted by Gasteiger charge is -2.04. The number of hydrogen-bond donors (Lipinski definition) is 1. The summed E-state index contributed by atoms with van der Waals surface area (Å²) in [5.74, 6) is 0. The fourth-order valence-electron chi connectivity index (χ4n) is 0.943. The van der Waals surface area contributed by atoms with Crippen molar-refractivity contribution < 1.29 is 9.90 Å². The lowest BCUT2D eigenvalue weighted by molar-refractivity contribution is 0.331. The Bertz CT molecular complexity index is 389. The minimum atomic E-state index is -0.119. The summed E-state index contributed by atoms with van der Waals surface area (Å²) < 4.78 is 0.612. The Morgan fingerprint density at radius 3 is 2.93 bits per heavy atom. The largest absolute Gasteiger partial charge is 0.396 e. The summed E-state index contributed by atoms with van der Waals surface area (Å²) in [5.41, 5.74) is 1.07. The molecule has 3 nitrogen and oxygen atoms in total. The summed E-state index contributed by atoms with van der Waals surface area (Å²) >= 11 is 9.07. The molecule has 0 aromatic heterocycles. The van der Waals surface area contributed by atoms with Gasteiger partial charge in [-0.3, -0.25) is 0 Å². The molecule has 0 aliphatic heterocycles. The third-order valence-electron chi connectivity index (χ3n) is 1.54. The van der Waals surface area contributed by atoms with E-state index in [1.165, 1.54) is 12.5 Å². The number of halogens is 2. The molecule has 1 aromatic carbocycles. The van der Waals surface area contributed by atoms with Crippen LogP contribution in [0.2, 0.25) is 5.02 Å². The molecular formula is C9H6BrClNO2. The smallest absolute Gasteiger partial charge is 0.240 e. The van der Waals surface area contributed by atoms with Crippen molar-refractivity contribution in [1.29, 1.82) is 0 Å². The topological polar surface area (TPSA) is 49.7 Å². The first-order chi connectivity index (χ1) is 6.69. The summed E-state index contributed by atoms with van der Waals surface area (Å²) in [6, 6.07) is 3.20. The first-order valence-corrected chi connectivity index (χ1v) is 4.87. The predicted molar refractivity (Wildman–Crippen MR) is 57.4 cm³/mol. The molecular weight excluding hydrogens is 269 g/mol. The van der Waals surface area contributed by atoms with E-state index in [9.17, 15) is 4.79 Å². The van der Waals surface area contributed by atoms with Gasteiger partial charge in [0, 0.05) is 15.9 Å². The number of benzene rings is 1. The van der Waals surface area contributed by atoms with E-state index in [4.69, 9.17) is 16.7 Å². The maximum absolute atomic E-state index is 10.1. The zero-order valence-electron chi connectivity index (χ0n) is 7.00. The van der Waals surface area contributed by atoms with Gasteiger partial charge in [0.25, 0.3) is 0 Å². The van der Waals surface area contributed by atoms with Gasteiger partial charge in [0.1, 0.15) is 0 Å². The summed E-state index contributed by atoms with van der Waals surface area (Å²) in [6.07, 6.45) is 2.97. The fraction of sp³-hybridized carbons (Fsp3) is 0.111. The van der Waals surface area contributed by atoms with Crippen LogP contribution >= 0.6 is 27.5 Å². The number of aliphatic hydroxyl groups is 1. The van der Waals surface area contributed by atoms with Crippen LogP contribution in [-0.4, -0.2) is 17.8 Å². The van der Waals surface area contributed by atoms with E-state index in [2.05, 4.69) is 20.9 Å². The lowest BCUT2D eigenvalue weighted by atomic mass is 10.1. The Hall–Kier alpha value is -0.670. The van der Waals surface area contributed by atoms with E-state index >= 15 is 0 Å². The molecule has 0 amide bonds. The Morgan fingerprint density at radius 2 is 2.36 bits per heavy atom. The Morgan fingerprint density at radius 1 is 1.64 bits per heavy atom. The van der Waals surface area contributed by atoms with Gasteiger partial charge in [-0.2, -0.15) is 4.99 Å². The molecule has 14 heavy (non-hydrogen) atoms. The number of isocyanates is 1. The Kier molecular flexibility index (Phi) is 4.29. The minimum absolute atomic E-state index is 0.119. The van der Waals surface area contributed by atoms with Gasteiger partial charge in [-0.15, -0.1) is 0 Å². The lowest BCUT2D eigenvalue weighted by Crippen LogP contribution is -1.88. The van der Waals surface area contributed by atoms with Gasteiger partial charge in [0.15, 0.2) is 0 Å². The summed E-state index contributed by atoms with van der Waals surface area (Å²) in [5, 5.41) is 9.18. The second-order valence-electron chi connectivity index (χ2n) is 2.41. The van der Waals surface area contributed by atoms with E-state index < -0.39 is 0 Å². The van der Waals surface area contributed by atoms with Crippen molar-refractivity contribution in [3.8, 4) is 0 Å². The van der Waals surface area contributed by atoms with Gasteiger partial charge in [-0.25, -0.2) is 4.79 Å². The van der Waals surface area contributed by atoms with Crippen molar-refractivity contribution in [2.45, 2.75) is 0 Å². The molecule has 73 valence electrons. The molecule has 0 atom stereocenters. The molecule has 0 saturated carbocycles. The van der Waals surface area contributed by atoms with Crippen LogP contribution in [-0.2, 0) is 4.79 Å². The van der Waals surface area contributed by atoms with Gasteiger partial charge in [0.05, 0.1) is 12.3 Å². The molecule has 5 heteroatoms. The van der Waals surface area contributed by atoms with Crippen LogP contribution < -0.4 is 0 Å². The third-order valence-corrected chi connectivity index (χ3v) is 2.51. The molecule has 1 rings (SSSR count). The van der Waals surface area contributed by atoms with Gasteiger partial charge in [-0.1, -0.05) is 11.6 Å². The maximum atomic E-state index is 10.1. The summed E-state index contributed by atoms with van der Waals surface area (Å²) in [7, 11) is 0. The van der Waals surface area contributed by atoms with E-state index in [0.29, 0.717) is 20.7 Å². The van der Waals surface area contributed by atoms with Crippen LogP contribution in [0.5, 0.6) is 0 Å². The van der Waals surface area contributed by atoms with Crippen molar-refractivity contribution in [3.63, 3.8) is 0 Å². The molecule has 0 unspecified atom stereocenters. The highest BCUT2D eigenvalue weighted by Crippen LogP contribution is 2.31. The van der Waals surface area contributed by atoms with Gasteiger partial charge >= 0.3 is 0 Å². The van der Waals surface area contributed by atoms with Gasteiger partial charge in [-0.05, 0) is 33.6 Å². The average Bonchev–Trinajstić information content (AvgIpc) is 2.14. The number of hydrogen-bond acceptors (Lipinski definition) is 3. The van der Waals surface area contributed by atoms with Gasteiger partial charge in [0.2, 0.25) is 6.08 Å². The minimum Gasteiger partial charge on any atom is -0.396 e. The molecule has 1 radical (unpaired) electrons. The first kappa shape index (κ1) is 11.4. The van der Waals surface area contributed by atoms with E-state index in [1.807, 2.05) is 0 Å². The molecule has 0 fully saturated rings. The number of rotatable bonds is 3. The normalized spacial score (nSPS) is 9.64. The standard InChI is InChI=1S/C9H6BrClNO2/c10-7-4-8(11)6(1-2-13)3-9(7)12-5-14/h1,3-4,13H,2H2. The van der Waals surface area contributed by atoms with Crippen LogP contribution in [0, 0.1) is 6.42 Å². The molecule has 1 N–H and O–H groups in total. The number of aliphatic imine (C=N–C) groups is 1. The molecule has 0 bridgehead atoms. The van der Waals surface area contributed by atoms with E-state index in [0.717, 1.165) is 0 Å². The maximum Gasteiger partial charge on any atom is 0.240 e. The number of carbonyl (C=O) groups excluding carboxylic acids is 1. The number of nitrogens with zero attached hydrogens (tertiary/aromatic N) is 1. The Labute approximate surface area is 94.5 Å². The van der Waals surface area contributed by atoms with Crippen LogP contribution in [0.1, 0.15) is 5.56 Å². The van der Waals surface area contributed by atoms with Crippen molar-refractivity contribution in [3.05, 3.63) is 33.6 Å².